The molecule has 0 aliphatic heterocycles. The average Bonchev–Trinajstić information content (AvgIpc) is 1.85. The lowest BCUT2D eigenvalue weighted by Gasteiger charge is -2.19. The highest BCUT2D eigenvalue weighted by atomic mass is 27.1. The normalized spacial score (nSPS) is 11.9. The molecular weight excluding hydrogens is 159 g/mol. The van der Waals surface area contributed by atoms with Crippen LogP contribution in [0.4, 0.5) is 0 Å². The zero-order chi connectivity index (χ0) is 8.74. The second-order valence-electron chi connectivity index (χ2n) is 3.28. The van der Waals surface area contributed by atoms with Crippen LogP contribution in [0.3, 0.4) is 0 Å². The van der Waals surface area contributed by atoms with Crippen LogP contribution in [0.15, 0.2) is 0 Å². The van der Waals surface area contributed by atoms with Gasteiger partial charge in [0.05, 0.1) is 18.8 Å². The standard InChI is InChI=1S/C7H15O3.Al.2H/c1-7(2,3)10-5-4-9-6-8;;;/h4-6H2,1-3H3;;;/q-1;+1;;. The Balaban J connectivity index is 3.02. The molecule has 0 aliphatic rings. The van der Waals surface area contributed by atoms with Crippen LogP contribution in [0.1, 0.15) is 20.8 Å². The van der Waals surface area contributed by atoms with Crippen LogP contribution < -0.4 is 0 Å². The highest BCUT2D eigenvalue weighted by molar-refractivity contribution is 5.97. The Morgan fingerprint density at radius 3 is 2.27 bits per heavy atom. The van der Waals surface area contributed by atoms with Crippen molar-refractivity contribution in [2.45, 2.75) is 26.4 Å². The van der Waals surface area contributed by atoms with Gasteiger partial charge in [-0.05, 0) is 20.8 Å². The Labute approximate surface area is 76.8 Å². The van der Waals surface area contributed by atoms with Crippen LogP contribution in [0.5, 0.6) is 0 Å². The van der Waals surface area contributed by atoms with E-state index in [2.05, 4.69) is 0 Å². The van der Waals surface area contributed by atoms with Gasteiger partial charge >= 0.3 is 16.6 Å². The highest BCUT2D eigenvalue weighted by Crippen LogP contribution is 2.05. The molecule has 0 fully saturated rings. The van der Waals surface area contributed by atoms with E-state index in [-0.39, 0.29) is 5.60 Å². The molecule has 11 heavy (non-hydrogen) atoms. The van der Waals surface area contributed by atoms with Crippen molar-refractivity contribution in [2.24, 2.45) is 0 Å². The summed E-state index contributed by atoms with van der Waals surface area (Å²) in [7, 11) is 0. The van der Waals surface area contributed by atoms with Gasteiger partial charge in [0.2, 0.25) is 0 Å². The Bertz CT molecular complexity index is 90.2. The fraction of sp³-hybridized carbons (Fsp3) is 1.00. The predicted octanol–water partition coefficient (Wildman–Crippen LogP) is 0.340. The van der Waals surface area contributed by atoms with Crippen molar-refractivity contribution in [3.05, 3.63) is 0 Å². The maximum atomic E-state index is 5.41. The fourth-order valence-corrected chi connectivity index (χ4v) is 0.716. The van der Waals surface area contributed by atoms with E-state index < -0.39 is 0 Å². The van der Waals surface area contributed by atoms with Gasteiger partial charge in [0, 0.05) is 0 Å². The minimum absolute atomic E-state index is 0.0643. The zero-order valence-electron chi connectivity index (χ0n) is 7.85. The first kappa shape index (κ1) is 11.4. The van der Waals surface area contributed by atoms with E-state index in [1.807, 2.05) is 20.8 Å². The minimum Gasteiger partial charge on any atom is -0.486 e. The molecule has 0 saturated heterocycles. The van der Waals surface area contributed by atoms with Crippen LogP contribution >= 0.6 is 0 Å². The number of hydrogen-bond donors (Lipinski definition) is 0. The summed E-state index contributed by atoms with van der Waals surface area (Å²) in [6.45, 7) is 7.72. The monoisotopic (exact) mass is 176 g/mol. The largest absolute Gasteiger partial charge is 0.486 e. The molecule has 4 heteroatoms. The summed E-state index contributed by atoms with van der Waals surface area (Å²) >= 11 is 0.733. The molecule has 0 rings (SSSR count). The van der Waals surface area contributed by atoms with Gasteiger partial charge in [-0.15, -0.1) is 0 Å². The van der Waals surface area contributed by atoms with Crippen molar-refractivity contribution in [3.8, 4) is 0 Å². The topological polar surface area (TPSA) is 27.7 Å². The van der Waals surface area contributed by atoms with Gasteiger partial charge in [0.25, 0.3) is 0 Å². The van der Waals surface area contributed by atoms with Crippen molar-refractivity contribution in [2.75, 3.05) is 20.0 Å². The van der Waals surface area contributed by atoms with Crippen LogP contribution in [0.25, 0.3) is 0 Å². The van der Waals surface area contributed by atoms with Crippen LogP contribution in [-0.4, -0.2) is 42.2 Å². The molecule has 66 valence electrons. The first-order chi connectivity index (χ1) is 5.06. The highest BCUT2D eigenvalue weighted by Gasteiger charge is 2.08. The molecule has 0 unspecified atom stereocenters. The fourth-order valence-electron chi connectivity index (χ4n) is 0.549. The third-order valence-corrected chi connectivity index (χ3v) is 1.20. The van der Waals surface area contributed by atoms with E-state index in [4.69, 9.17) is 13.3 Å². The van der Waals surface area contributed by atoms with E-state index in [0.717, 1.165) is 16.6 Å². The van der Waals surface area contributed by atoms with Gasteiger partial charge in [-0.1, -0.05) is 0 Å². The molecule has 0 N–H and O–H groups in total. The van der Waals surface area contributed by atoms with Gasteiger partial charge in [-0.3, -0.25) is 0 Å². The van der Waals surface area contributed by atoms with E-state index in [9.17, 15) is 0 Å². The summed E-state index contributed by atoms with van der Waals surface area (Å²) in [6.07, 6.45) is 0. The predicted molar refractivity (Wildman–Crippen MR) is 46.2 cm³/mol. The number of hydrogen-bond acceptors (Lipinski definition) is 3. The quantitative estimate of drug-likeness (QED) is 0.343. The zero-order valence-corrected chi connectivity index (χ0v) is 9.85. The molecule has 0 aromatic rings. The lowest BCUT2D eigenvalue weighted by molar-refractivity contribution is -0.0581. The summed E-state index contributed by atoms with van der Waals surface area (Å²) in [6, 6.07) is 0. The second kappa shape index (κ2) is 5.99. The molecule has 0 radical (unpaired) electrons. The molecule has 0 atom stereocenters. The molecule has 0 saturated carbocycles. The van der Waals surface area contributed by atoms with Gasteiger partial charge in [0.1, 0.15) is 6.79 Å². The molecule has 0 aromatic heterocycles. The maximum Gasteiger partial charge on any atom is 0.412 e. The van der Waals surface area contributed by atoms with Crippen molar-refractivity contribution in [3.63, 3.8) is 0 Å². The molecule has 0 bridgehead atoms. The molecule has 0 aromatic carbocycles. The first-order valence-corrected chi connectivity index (χ1v) is 4.58. The van der Waals surface area contributed by atoms with Crippen molar-refractivity contribution in [1.82, 2.24) is 0 Å². The van der Waals surface area contributed by atoms with Crippen molar-refractivity contribution < 1.29 is 13.3 Å². The number of ether oxygens (including phenoxy) is 2. The summed E-state index contributed by atoms with van der Waals surface area (Å²) in [5, 5.41) is 0. The van der Waals surface area contributed by atoms with Crippen molar-refractivity contribution in [1.29, 1.82) is 0 Å². The third-order valence-electron chi connectivity index (χ3n) is 0.964. The summed E-state index contributed by atoms with van der Waals surface area (Å²) < 4.78 is 15.3. The lowest BCUT2D eigenvalue weighted by atomic mass is 10.2. The molecule has 3 nitrogen and oxygen atoms in total. The third kappa shape index (κ3) is 10.4. The average molecular weight is 176 g/mol. The minimum atomic E-state index is -0.0643. The Hall–Kier alpha value is 0.412. The summed E-state index contributed by atoms with van der Waals surface area (Å²) in [4.78, 5) is 0. The van der Waals surface area contributed by atoms with E-state index >= 15 is 0 Å². The Morgan fingerprint density at radius 1 is 1.18 bits per heavy atom. The SMILES string of the molecule is CC(C)(C)OCCOC[O][AlH2]. The smallest absolute Gasteiger partial charge is 0.412 e. The summed E-state index contributed by atoms with van der Waals surface area (Å²) in [5.74, 6) is 0. The number of rotatable bonds is 5. The van der Waals surface area contributed by atoms with Crippen LogP contribution in [-0.2, 0) is 13.3 Å². The van der Waals surface area contributed by atoms with Crippen molar-refractivity contribution >= 4 is 16.6 Å². The maximum absolute atomic E-state index is 5.41. The Morgan fingerprint density at radius 2 is 1.82 bits per heavy atom. The molecular formula is C7H17AlO3. The van der Waals surface area contributed by atoms with E-state index in [1.54, 1.807) is 0 Å². The molecule has 0 heterocycles. The van der Waals surface area contributed by atoms with E-state index in [0.29, 0.717) is 20.0 Å². The lowest BCUT2D eigenvalue weighted by Crippen LogP contribution is -2.22. The first-order valence-electron chi connectivity index (χ1n) is 3.77. The van der Waals surface area contributed by atoms with Gasteiger partial charge < -0.3 is 13.3 Å². The van der Waals surface area contributed by atoms with Gasteiger partial charge in [-0.25, -0.2) is 0 Å². The Kier molecular flexibility index (Phi) is 6.21. The second-order valence-corrected chi connectivity index (χ2v) is 3.85. The molecule has 0 spiro atoms. The van der Waals surface area contributed by atoms with Gasteiger partial charge in [0.15, 0.2) is 0 Å². The summed E-state index contributed by atoms with van der Waals surface area (Å²) in [5.41, 5.74) is -0.0643. The van der Waals surface area contributed by atoms with E-state index in [1.165, 1.54) is 0 Å². The van der Waals surface area contributed by atoms with Crippen LogP contribution in [0, 0.1) is 0 Å². The molecule has 0 aliphatic carbocycles. The molecule has 0 amide bonds. The van der Waals surface area contributed by atoms with Gasteiger partial charge in [-0.2, -0.15) is 0 Å². The van der Waals surface area contributed by atoms with Crippen LogP contribution in [0.2, 0.25) is 0 Å².